The van der Waals surface area contributed by atoms with Gasteiger partial charge in [-0.1, -0.05) is 24.3 Å². The number of amides is 2. The lowest BCUT2D eigenvalue weighted by Gasteiger charge is -2.33. The minimum absolute atomic E-state index is 0.0389. The van der Waals surface area contributed by atoms with Crippen LogP contribution in [0.1, 0.15) is 40.0 Å². The summed E-state index contributed by atoms with van der Waals surface area (Å²) in [7, 11) is 0. The average Bonchev–Trinajstić information content (AvgIpc) is 3.57. The number of piperazine rings is 1. The summed E-state index contributed by atoms with van der Waals surface area (Å²) in [5.74, 6) is 1.01. The predicted molar refractivity (Wildman–Crippen MR) is 132 cm³/mol. The zero-order valence-corrected chi connectivity index (χ0v) is 21.2. The number of carbonyl (C=O) groups excluding carboxylic acids is 2. The number of ether oxygens (including phenoxy) is 2. The van der Waals surface area contributed by atoms with Crippen LogP contribution in [0.5, 0.6) is 11.5 Å². The number of hydrogen-bond donors (Lipinski definition) is 0. The molecule has 0 N–H and O–H groups in total. The van der Waals surface area contributed by atoms with E-state index in [0.717, 1.165) is 11.6 Å². The minimum Gasteiger partial charge on any atom is -0.454 e. The van der Waals surface area contributed by atoms with E-state index in [1.54, 1.807) is 32.9 Å². The maximum absolute atomic E-state index is 13.7. The molecule has 2 aliphatic rings. The fraction of sp³-hybridized carbons (Fsp3) is 0.370. The lowest BCUT2D eigenvalue weighted by Crippen LogP contribution is -2.50. The van der Waals surface area contributed by atoms with Gasteiger partial charge in [0.2, 0.25) is 18.6 Å². The van der Waals surface area contributed by atoms with Crippen LogP contribution in [-0.2, 0) is 30.6 Å². The molecule has 0 radical (unpaired) electrons. The fourth-order valence-electron chi connectivity index (χ4n) is 4.70. The van der Waals surface area contributed by atoms with E-state index in [9.17, 15) is 22.8 Å². The standard InChI is InChI=1S/C27H27F3N4O5/c1-18(35)33-8-10-34(11-9-33)26(36)22-16-37-25(31-22)15-32(13-19-6-7-23-24(12-19)39-17-38-23)14-20-4-2-3-5-21(20)27(28,29)30/h2-7,12,16H,8-11,13-15,17H2,1H3. The lowest BCUT2D eigenvalue weighted by atomic mass is 10.1. The predicted octanol–water partition coefficient (Wildman–Crippen LogP) is 3.93. The molecule has 206 valence electrons. The number of hydrogen-bond acceptors (Lipinski definition) is 7. The number of carbonyl (C=O) groups is 2. The van der Waals surface area contributed by atoms with Crippen LogP contribution in [0, 0.1) is 0 Å². The van der Waals surface area contributed by atoms with Gasteiger partial charge in [0.05, 0.1) is 12.1 Å². The van der Waals surface area contributed by atoms with Gasteiger partial charge >= 0.3 is 6.18 Å². The smallest absolute Gasteiger partial charge is 0.416 e. The molecular formula is C27H27F3N4O5. The first-order valence-corrected chi connectivity index (χ1v) is 12.4. The monoisotopic (exact) mass is 544 g/mol. The van der Waals surface area contributed by atoms with Crippen LogP contribution in [0.3, 0.4) is 0 Å². The summed E-state index contributed by atoms with van der Waals surface area (Å²) < 4.78 is 57.5. The Morgan fingerprint density at radius 1 is 0.949 bits per heavy atom. The van der Waals surface area contributed by atoms with E-state index in [0.29, 0.717) is 37.7 Å². The molecule has 0 unspecified atom stereocenters. The van der Waals surface area contributed by atoms with Crippen molar-refractivity contribution in [2.75, 3.05) is 33.0 Å². The first-order chi connectivity index (χ1) is 18.7. The van der Waals surface area contributed by atoms with Crippen molar-refractivity contribution in [2.45, 2.75) is 32.7 Å². The van der Waals surface area contributed by atoms with Gasteiger partial charge in [-0.25, -0.2) is 4.98 Å². The largest absolute Gasteiger partial charge is 0.454 e. The molecule has 39 heavy (non-hydrogen) atoms. The van der Waals surface area contributed by atoms with Gasteiger partial charge in [-0.3, -0.25) is 14.5 Å². The second-order valence-corrected chi connectivity index (χ2v) is 9.41. The highest BCUT2D eigenvalue weighted by atomic mass is 19.4. The summed E-state index contributed by atoms with van der Waals surface area (Å²) in [5.41, 5.74) is 0.306. The molecule has 1 aromatic heterocycles. The van der Waals surface area contributed by atoms with E-state index in [-0.39, 0.29) is 55.4 Å². The third kappa shape index (κ3) is 6.17. The fourth-order valence-corrected chi connectivity index (χ4v) is 4.70. The van der Waals surface area contributed by atoms with Crippen LogP contribution in [0.4, 0.5) is 13.2 Å². The molecule has 3 aromatic rings. The molecule has 0 atom stereocenters. The van der Waals surface area contributed by atoms with E-state index in [2.05, 4.69) is 4.98 Å². The molecule has 12 heteroatoms. The normalized spacial score (nSPS) is 15.2. The van der Waals surface area contributed by atoms with Crippen molar-refractivity contribution in [2.24, 2.45) is 0 Å². The van der Waals surface area contributed by atoms with Gasteiger partial charge in [0.15, 0.2) is 17.2 Å². The van der Waals surface area contributed by atoms with E-state index in [1.807, 2.05) is 6.07 Å². The molecule has 5 rings (SSSR count). The van der Waals surface area contributed by atoms with Crippen LogP contribution in [0.2, 0.25) is 0 Å². The number of rotatable bonds is 7. The molecule has 0 spiro atoms. The molecule has 3 heterocycles. The number of benzene rings is 2. The number of alkyl halides is 3. The molecular weight excluding hydrogens is 517 g/mol. The molecule has 2 aromatic carbocycles. The number of fused-ring (bicyclic) bond motifs is 1. The topological polar surface area (TPSA) is 88.4 Å². The highest BCUT2D eigenvalue weighted by Gasteiger charge is 2.33. The van der Waals surface area contributed by atoms with Crippen LogP contribution in [0.15, 0.2) is 53.1 Å². The van der Waals surface area contributed by atoms with Gasteiger partial charge in [-0.15, -0.1) is 0 Å². The minimum atomic E-state index is -4.50. The number of halogens is 3. The molecule has 9 nitrogen and oxygen atoms in total. The van der Waals surface area contributed by atoms with Crippen molar-refractivity contribution >= 4 is 11.8 Å². The zero-order chi connectivity index (χ0) is 27.6. The molecule has 2 aliphatic heterocycles. The maximum atomic E-state index is 13.7. The van der Waals surface area contributed by atoms with Gasteiger partial charge in [0.1, 0.15) is 6.26 Å². The molecule has 0 aliphatic carbocycles. The summed E-state index contributed by atoms with van der Waals surface area (Å²) in [6.07, 6.45) is -3.24. The summed E-state index contributed by atoms with van der Waals surface area (Å²) in [6.45, 7) is 3.52. The zero-order valence-electron chi connectivity index (χ0n) is 21.2. The first-order valence-electron chi connectivity index (χ1n) is 12.4. The second kappa shape index (κ2) is 11.0. The first kappa shape index (κ1) is 26.5. The van der Waals surface area contributed by atoms with E-state index >= 15 is 0 Å². The summed E-state index contributed by atoms with van der Waals surface area (Å²) in [6, 6.07) is 10.8. The van der Waals surface area contributed by atoms with Crippen LogP contribution in [0.25, 0.3) is 0 Å². The summed E-state index contributed by atoms with van der Waals surface area (Å²) in [5, 5.41) is 0. The van der Waals surface area contributed by atoms with Gasteiger partial charge in [0.25, 0.3) is 5.91 Å². The third-order valence-electron chi connectivity index (χ3n) is 6.70. The van der Waals surface area contributed by atoms with Crippen molar-refractivity contribution in [1.29, 1.82) is 0 Å². The quantitative estimate of drug-likeness (QED) is 0.446. The van der Waals surface area contributed by atoms with Crippen molar-refractivity contribution in [3.8, 4) is 11.5 Å². The van der Waals surface area contributed by atoms with Crippen LogP contribution in [-0.4, -0.2) is 64.5 Å². The van der Waals surface area contributed by atoms with Crippen LogP contribution < -0.4 is 9.47 Å². The van der Waals surface area contributed by atoms with Gasteiger partial charge in [-0.2, -0.15) is 13.2 Å². The van der Waals surface area contributed by atoms with Crippen LogP contribution >= 0.6 is 0 Å². The Hall–Kier alpha value is -4.06. The van der Waals surface area contributed by atoms with Crippen molar-refractivity contribution in [1.82, 2.24) is 19.7 Å². The Balaban J connectivity index is 1.34. The highest BCUT2D eigenvalue weighted by molar-refractivity contribution is 5.92. The van der Waals surface area contributed by atoms with Crippen molar-refractivity contribution in [3.05, 3.63) is 77.0 Å². The number of aromatic nitrogens is 1. The van der Waals surface area contributed by atoms with Gasteiger partial charge in [0, 0.05) is 46.2 Å². The number of oxazole rings is 1. The maximum Gasteiger partial charge on any atom is 0.416 e. The Kier molecular flexibility index (Phi) is 7.47. The molecule has 0 saturated carbocycles. The highest BCUT2D eigenvalue weighted by Crippen LogP contribution is 2.35. The average molecular weight is 545 g/mol. The molecule has 2 amide bonds. The lowest BCUT2D eigenvalue weighted by molar-refractivity contribution is -0.138. The molecule has 0 bridgehead atoms. The second-order valence-electron chi connectivity index (χ2n) is 9.41. The Labute approximate surface area is 222 Å². The van der Waals surface area contributed by atoms with Crippen molar-refractivity contribution < 1.29 is 36.7 Å². The van der Waals surface area contributed by atoms with Gasteiger partial charge in [-0.05, 0) is 29.3 Å². The van der Waals surface area contributed by atoms with Crippen molar-refractivity contribution in [3.63, 3.8) is 0 Å². The third-order valence-corrected chi connectivity index (χ3v) is 6.70. The molecule has 1 fully saturated rings. The SMILES string of the molecule is CC(=O)N1CCN(C(=O)c2coc(CN(Cc3ccc4c(c3)OCO4)Cc3ccccc3C(F)(F)F)n2)CC1. The Morgan fingerprint density at radius 2 is 1.67 bits per heavy atom. The Morgan fingerprint density at radius 3 is 2.41 bits per heavy atom. The molecule has 1 saturated heterocycles. The van der Waals surface area contributed by atoms with E-state index in [1.165, 1.54) is 25.3 Å². The number of nitrogens with zero attached hydrogens (tertiary/aromatic N) is 4. The Bertz CT molecular complexity index is 1350. The summed E-state index contributed by atoms with van der Waals surface area (Å²) >= 11 is 0. The van der Waals surface area contributed by atoms with Gasteiger partial charge < -0.3 is 23.7 Å². The van der Waals surface area contributed by atoms with E-state index < -0.39 is 11.7 Å². The summed E-state index contributed by atoms with van der Waals surface area (Å²) in [4.78, 5) is 33.9. The van der Waals surface area contributed by atoms with E-state index in [4.69, 9.17) is 13.9 Å².